The third-order valence-corrected chi connectivity index (χ3v) is 4.35. The molecule has 0 spiro atoms. The first-order chi connectivity index (χ1) is 11.9. The van der Waals surface area contributed by atoms with E-state index >= 15 is 0 Å². The summed E-state index contributed by atoms with van der Waals surface area (Å²) in [5.74, 6) is 1.42. The van der Waals surface area contributed by atoms with Crippen LogP contribution >= 0.6 is 0 Å². The van der Waals surface area contributed by atoms with Crippen molar-refractivity contribution >= 4 is 11.9 Å². The molecule has 0 bridgehead atoms. The number of likely N-dealkylation sites (N-methyl/N-ethyl adjacent to an activating group) is 1. The minimum atomic E-state index is -0.457. The largest absolute Gasteiger partial charge is 0.493 e. The molecule has 138 valence electrons. The SMILES string of the molecule is COc1ccc(CN(C)C(C)C(=O)N2CCNC2=O)c(OC)c1OC. The van der Waals surface area contributed by atoms with Gasteiger partial charge in [0.2, 0.25) is 11.7 Å². The van der Waals surface area contributed by atoms with Gasteiger partial charge in [-0.1, -0.05) is 6.07 Å². The Morgan fingerprint density at radius 3 is 2.44 bits per heavy atom. The number of amides is 3. The lowest BCUT2D eigenvalue weighted by Gasteiger charge is -2.27. The first-order valence-corrected chi connectivity index (χ1v) is 8.01. The van der Waals surface area contributed by atoms with Gasteiger partial charge < -0.3 is 19.5 Å². The molecule has 1 aromatic carbocycles. The van der Waals surface area contributed by atoms with Crippen LogP contribution in [0.1, 0.15) is 12.5 Å². The number of nitrogens with one attached hydrogen (secondary N) is 1. The Bertz CT molecular complexity index is 649. The second kappa shape index (κ2) is 8.06. The van der Waals surface area contributed by atoms with E-state index in [4.69, 9.17) is 14.2 Å². The molecule has 1 aromatic rings. The van der Waals surface area contributed by atoms with Crippen LogP contribution in [0.5, 0.6) is 17.2 Å². The number of nitrogens with zero attached hydrogens (tertiary/aromatic N) is 2. The summed E-state index contributed by atoms with van der Waals surface area (Å²) in [6, 6.07) is 2.87. The van der Waals surface area contributed by atoms with Crippen LogP contribution in [0.3, 0.4) is 0 Å². The highest BCUT2D eigenvalue weighted by atomic mass is 16.5. The second-order valence-corrected chi connectivity index (χ2v) is 5.81. The van der Waals surface area contributed by atoms with Crippen LogP contribution < -0.4 is 19.5 Å². The number of methoxy groups -OCH3 is 3. The Kier molecular flexibility index (Phi) is 6.08. The quantitative estimate of drug-likeness (QED) is 0.792. The lowest BCUT2D eigenvalue weighted by Crippen LogP contribution is -2.46. The molecule has 25 heavy (non-hydrogen) atoms. The Morgan fingerprint density at radius 2 is 1.92 bits per heavy atom. The molecule has 1 N–H and O–H groups in total. The van der Waals surface area contributed by atoms with E-state index in [2.05, 4.69) is 5.32 Å². The number of rotatable bonds is 7. The predicted octanol–water partition coefficient (Wildman–Crippen LogP) is 1.08. The highest BCUT2D eigenvalue weighted by Gasteiger charge is 2.31. The van der Waals surface area contributed by atoms with E-state index in [-0.39, 0.29) is 11.9 Å². The number of ether oxygens (including phenoxy) is 3. The molecule has 1 fully saturated rings. The molecule has 1 aliphatic rings. The highest BCUT2D eigenvalue weighted by molar-refractivity contribution is 5.98. The molecule has 0 saturated carbocycles. The van der Waals surface area contributed by atoms with Gasteiger partial charge in [-0.15, -0.1) is 0 Å². The fraction of sp³-hybridized carbons (Fsp3) is 0.529. The molecular formula is C17H25N3O5. The van der Waals surface area contributed by atoms with Crippen LogP contribution in [0.2, 0.25) is 0 Å². The normalized spacial score (nSPS) is 15.1. The molecule has 0 aromatic heterocycles. The fourth-order valence-electron chi connectivity index (χ4n) is 2.79. The molecule has 1 aliphatic heterocycles. The number of hydrogen-bond acceptors (Lipinski definition) is 6. The summed E-state index contributed by atoms with van der Waals surface area (Å²) in [6.07, 6.45) is 0. The van der Waals surface area contributed by atoms with Crippen molar-refractivity contribution in [3.8, 4) is 17.2 Å². The van der Waals surface area contributed by atoms with E-state index in [1.165, 1.54) is 4.90 Å². The van der Waals surface area contributed by atoms with Crippen molar-refractivity contribution < 1.29 is 23.8 Å². The monoisotopic (exact) mass is 351 g/mol. The van der Waals surface area contributed by atoms with E-state index in [1.807, 2.05) is 18.0 Å². The lowest BCUT2D eigenvalue weighted by molar-refractivity contribution is -0.132. The standard InChI is InChI=1S/C17H25N3O5/c1-11(16(21)20-9-8-18-17(20)22)19(2)10-12-6-7-13(23-3)15(25-5)14(12)24-4/h6-7,11H,8-10H2,1-5H3,(H,18,22). The molecule has 0 aliphatic carbocycles. The van der Waals surface area contributed by atoms with Crippen LogP contribution in [0.4, 0.5) is 4.79 Å². The number of imide groups is 1. The van der Waals surface area contributed by atoms with Gasteiger partial charge in [0, 0.05) is 25.2 Å². The van der Waals surface area contributed by atoms with Gasteiger partial charge in [0.1, 0.15) is 0 Å². The molecule has 1 atom stereocenters. The molecule has 3 amide bonds. The number of hydrogen-bond donors (Lipinski definition) is 1. The van der Waals surface area contributed by atoms with E-state index in [9.17, 15) is 9.59 Å². The second-order valence-electron chi connectivity index (χ2n) is 5.81. The van der Waals surface area contributed by atoms with Crippen molar-refractivity contribution in [3.05, 3.63) is 17.7 Å². The maximum absolute atomic E-state index is 12.5. The summed E-state index contributed by atoms with van der Waals surface area (Å²) >= 11 is 0. The number of carbonyl (C=O) groups is 2. The first-order valence-electron chi connectivity index (χ1n) is 8.01. The molecule has 8 nitrogen and oxygen atoms in total. The van der Waals surface area contributed by atoms with Crippen LogP contribution in [0.15, 0.2) is 12.1 Å². The maximum atomic E-state index is 12.5. The Morgan fingerprint density at radius 1 is 1.24 bits per heavy atom. The maximum Gasteiger partial charge on any atom is 0.324 e. The summed E-state index contributed by atoms with van der Waals surface area (Å²) < 4.78 is 16.1. The zero-order valence-electron chi connectivity index (χ0n) is 15.3. The predicted molar refractivity (Wildman–Crippen MR) is 92.1 cm³/mol. The molecule has 2 rings (SSSR count). The minimum Gasteiger partial charge on any atom is -0.493 e. The fourth-order valence-corrected chi connectivity index (χ4v) is 2.79. The van der Waals surface area contributed by atoms with Crippen molar-refractivity contribution in [1.29, 1.82) is 0 Å². The summed E-state index contributed by atoms with van der Waals surface area (Å²) in [5, 5.41) is 2.64. The van der Waals surface area contributed by atoms with E-state index < -0.39 is 6.04 Å². The van der Waals surface area contributed by atoms with Crippen molar-refractivity contribution in [3.63, 3.8) is 0 Å². The van der Waals surface area contributed by atoms with Crippen molar-refractivity contribution in [1.82, 2.24) is 15.1 Å². The average Bonchev–Trinajstić information content (AvgIpc) is 3.05. The lowest BCUT2D eigenvalue weighted by atomic mass is 10.1. The summed E-state index contributed by atoms with van der Waals surface area (Å²) in [6.45, 7) is 3.12. The molecule has 1 heterocycles. The van der Waals surface area contributed by atoms with Crippen molar-refractivity contribution in [2.45, 2.75) is 19.5 Å². The topological polar surface area (TPSA) is 80.3 Å². The molecule has 8 heteroatoms. The molecule has 0 radical (unpaired) electrons. The van der Waals surface area contributed by atoms with Gasteiger partial charge in [-0.2, -0.15) is 0 Å². The van der Waals surface area contributed by atoms with Gasteiger partial charge in [-0.05, 0) is 20.0 Å². The average molecular weight is 351 g/mol. The van der Waals surface area contributed by atoms with Crippen LogP contribution in [0.25, 0.3) is 0 Å². The van der Waals surface area contributed by atoms with E-state index in [0.717, 1.165) is 5.56 Å². The van der Waals surface area contributed by atoms with Gasteiger partial charge in [-0.25, -0.2) is 4.79 Å². The molecule has 1 saturated heterocycles. The summed E-state index contributed by atoms with van der Waals surface area (Å²) in [5.41, 5.74) is 0.855. The highest BCUT2D eigenvalue weighted by Crippen LogP contribution is 2.40. The van der Waals surface area contributed by atoms with Gasteiger partial charge >= 0.3 is 6.03 Å². The third kappa shape index (κ3) is 3.79. The zero-order chi connectivity index (χ0) is 18.6. The number of benzene rings is 1. The Hall–Kier alpha value is -2.48. The Labute approximate surface area is 147 Å². The smallest absolute Gasteiger partial charge is 0.324 e. The van der Waals surface area contributed by atoms with Crippen LogP contribution in [-0.2, 0) is 11.3 Å². The zero-order valence-corrected chi connectivity index (χ0v) is 15.3. The number of carbonyl (C=O) groups excluding carboxylic acids is 2. The van der Waals surface area contributed by atoms with Crippen molar-refractivity contribution in [2.75, 3.05) is 41.5 Å². The first kappa shape index (κ1) is 18.9. The minimum absolute atomic E-state index is 0.225. The van der Waals surface area contributed by atoms with Crippen molar-refractivity contribution in [2.24, 2.45) is 0 Å². The van der Waals surface area contributed by atoms with Crippen LogP contribution in [0, 0.1) is 0 Å². The van der Waals surface area contributed by atoms with Gasteiger partial charge in [0.25, 0.3) is 0 Å². The third-order valence-electron chi connectivity index (χ3n) is 4.35. The van der Waals surface area contributed by atoms with Gasteiger partial charge in [-0.3, -0.25) is 14.6 Å². The van der Waals surface area contributed by atoms with E-state index in [0.29, 0.717) is 36.9 Å². The molecule has 1 unspecified atom stereocenters. The van der Waals surface area contributed by atoms with E-state index in [1.54, 1.807) is 34.3 Å². The van der Waals surface area contributed by atoms with Gasteiger partial charge in [0.05, 0.1) is 27.4 Å². The van der Waals surface area contributed by atoms with Gasteiger partial charge in [0.15, 0.2) is 11.5 Å². The Balaban J connectivity index is 2.18. The summed E-state index contributed by atoms with van der Waals surface area (Å²) in [4.78, 5) is 27.3. The molecular weight excluding hydrogens is 326 g/mol. The van der Waals surface area contributed by atoms with Crippen LogP contribution in [-0.4, -0.2) is 69.2 Å². The summed E-state index contributed by atoms with van der Waals surface area (Å²) in [7, 11) is 6.49. The number of urea groups is 1.